The lowest BCUT2D eigenvalue weighted by molar-refractivity contribution is 0.102. The summed E-state index contributed by atoms with van der Waals surface area (Å²) in [6.45, 7) is 0. The highest BCUT2D eigenvalue weighted by atomic mass is 16.5. The summed E-state index contributed by atoms with van der Waals surface area (Å²) in [5.74, 6) is 0.688. The minimum atomic E-state index is -0.339. The van der Waals surface area contributed by atoms with Crippen LogP contribution in [0.5, 0.6) is 5.75 Å². The van der Waals surface area contributed by atoms with Crippen LogP contribution in [0.25, 0.3) is 10.9 Å². The van der Waals surface area contributed by atoms with Crippen molar-refractivity contribution in [2.45, 2.75) is 0 Å². The first-order valence-electron chi connectivity index (χ1n) is 8.62. The molecule has 0 atom stereocenters. The predicted octanol–water partition coefficient (Wildman–Crippen LogP) is 4.03. The molecule has 2 N–H and O–H groups in total. The summed E-state index contributed by atoms with van der Waals surface area (Å²) in [5.41, 5.74) is 2.36. The van der Waals surface area contributed by atoms with E-state index in [2.05, 4.69) is 25.6 Å². The van der Waals surface area contributed by atoms with Gasteiger partial charge in [0.05, 0.1) is 18.3 Å². The fourth-order valence-corrected chi connectivity index (χ4v) is 2.77. The molecule has 0 aliphatic rings. The molecule has 0 aliphatic heterocycles. The zero-order valence-electron chi connectivity index (χ0n) is 15.1. The van der Waals surface area contributed by atoms with Crippen molar-refractivity contribution in [2.24, 2.45) is 0 Å². The van der Waals surface area contributed by atoms with E-state index in [0.717, 1.165) is 16.6 Å². The lowest BCUT2D eigenvalue weighted by Crippen LogP contribution is -2.15. The SMILES string of the molecule is COc1cccc(Nc2nccc(C(=O)Nc3cccc4cccnc34)n2)c1. The topological polar surface area (TPSA) is 89.0 Å². The molecule has 0 bridgehead atoms. The Hall–Kier alpha value is -4.00. The Morgan fingerprint density at radius 2 is 1.82 bits per heavy atom. The Morgan fingerprint density at radius 3 is 2.71 bits per heavy atom. The molecular formula is C21H17N5O2. The highest BCUT2D eigenvalue weighted by molar-refractivity contribution is 6.07. The van der Waals surface area contributed by atoms with Gasteiger partial charge in [-0.25, -0.2) is 9.97 Å². The summed E-state index contributed by atoms with van der Waals surface area (Å²) < 4.78 is 5.21. The van der Waals surface area contributed by atoms with Gasteiger partial charge in [-0.3, -0.25) is 9.78 Å². The number of fused-ring (bicyclic) bond motifs is 1. The molecule has 0 fully saturated rings. The van der Waals surface area contributed by atoms with E-state index in [0.29, 0.717) is 17.4 Å². The number of hydrogen-bond donors (Lipinski definition) is 2. The van der Waals surface area contributed by atoms with Gasteiger partial charge in [0.25, 0.3) is 5.91 Å². The van der Waals surface area contributed by atoms with Gasteiger partial charge < -0.3 is 15.4 Å². The Bertz CT molecular complexity index is 1140. The molecular weight excluding hydrogens is 354 g/mol. The maximum Gasteiger partial charge on any atom is 0.274 e. The number of carbonyl (C=O) groups excluding carboxylic acids is 1. The second-order valence-corrected chi connectivity index (χ2v) is 5.96. The molecule has 7 heteroatoms. The van der Waals surface area contributed by atoms with Crippen molar-refractivity contribution in [3.63, 3.8) is 0 Å². The number of anilines is 3. The van der Waals surface area contributed by atoms with Crippen LogP contribution in [0.3, 0.4) is 0 Å². The van der Waals surface area contributed by atoms with Gasteiger partial charge in [-0.2, -0.15) is 0 Å². The lowest BCUT2D eigenvalue weighted by Gasteiger charge is -2.09. The number of nitrogens with zero attached hydrogens (tertiary/aromatic N) is 3. The van der Waals surface area contributed by atoms with Gasteiger partial charge in [-0.1, -0.05) is 24.3 Å². The molecule has 4 aromatic rings. The molecule has 2 heterocycles. The van der Waals surface area contributed by atoms with Crippen molar-refractivity contribution in [1.29, 1.82) is 0 Å². The van der Waals surface area contributed by atoms with Crippen molar-refractivity contribution in [2.75, 3.05) is 17.7 Å². The molecule has 0 saturated heterocycles. The first kappa shape index (κ1) is 17.4. The van der Waals surface area contributed by atoms with E-state index in [1.807, 2.05) is 54.6 Å². The quantitative estimate of drug-likeness (QED) is 0.551. The van der Waals surface area contributed by atoms with E-state index in [-0.39, 0.29) is 11.6 Å². The lowest BCUT2D eigenvalue weighted by atomic mass is 10.2. The molecule has 138 valence electrons. The van der Waals surface area contributed by atoms with Crippen LogP contribution in [-0.4, -0.2) is 28.0 Å². The minimum Gasteiger partial charge on any atom is -0.497 e. The number of rotatable bonds is 5. The molecule has 2 aromatic heterocycles. The van der Waals surface area contributed by atoms with Crippen LogP contribution in [0, 0.1) is 0 Å². The number of benzene rings is 2. The van der Waals surface area contributed by atoms with Gasteiger partial charge >= 0.3 is 0 Å². The number of aromatic nitrogens is 3. The highest BCUT2D eigenvalue weighted by Gasteiger charge is 2.12. The fraction of sp³-hybridized carbons (Fsp3) is 0.0476. The summed E-state index contributed by atoms with van der Waals surface area (Å²) in [5, 5.41) is 6.89. The third-order valence-electron chi connectivity index (χ3n) is 4.10. The summed E-state index contributed by atoms with van der Waals surface area (Å²) >= 11 is 0. The van der Waals surface area contributed by atoms with E-state index in [1.54, 1.807) is 19.4 Å². The first-order chi connectivity index (χ1) is 13.7. The standard InChI is InChI=1S/C21H17N5O2/c1-28-16-8-3-7-15(13-16)24-21-23-12-10-18(26-21)20(27)25-17-9-2-5-14-6-4-11-22-19(14)17/h2-13H,1H3,(H,25,27)(H,23,24,26). The normalized spacial score (nSPS) is 10.5. The number of ether oxygens (including phenoxy) is 1. The number of nitrogens with one attached hydrogen (secondary N) is 2. The molecule has 0 saturated carbocycles. The fourth-order valence-electron chi connectivity index (χ4n) is 2.77. The molecule has 1 amide bonds. The Morgan fingerprint density at radius 1 is 0.964 bits per heavy atom. The van der Waals surface area contributed by atoms with Crippen molar-refractivity contribution in [1.82, 2.24) is 15.0 Å². The van der Waals surface area contributed by atoms with Crippen LogP contribution in [0.2, 0.25) is 0 Å². The van der Waals surface area contributed by atoms with Gasteiger partial charge in [0.2, 0.25) is 5.95 Å². The van der Waals surface area contributed by atoms with Gasteiger partial charge in [-0.15, -0.1) is 0 Å². The third kappa shape index (κ3) is 3.73. The molecule has 0 aliphatic carbocycles. The van der Waals surface area contributed by atoms with E-state index in [1.165, 1.54) is 6.20 Å². The average Bonchev–Trinajstić information content (AvgIpc) is 2.74. The zero-order chi connectivity index (χ0) is 19.3. The van der Waals surface area contributed by atoms with E-state index in [9.17, 15) is 4.79 Å². The van der Waals surface area contributed by atoms with Crippen LogP contribution in [0.15, 0.2) is 73.1 Å². The summed E-state index contributed by atoms with van der Waals surface area (Å²) in [4.78, 5) is 25.5. The van der Waals surface area contributed by atoms with Crippen molar-refractivity contribution >= 4 is 34.1 Å². The second-order valence-electron chi connectivity index (χ2n) is 5.96. The molecule has 0 unspecified atom stereocenters. The van der Waals surface area contributed by atoms with Crippen LogP contribution in [0.4, 0.5) is 17.3 Å². The van der Waals surface area contributed by atoms with Gasteiger partial charge in [0, 0.05) is 29.5 Å². The van der Waals surface area contributed by atoms with Gasteiger partial charge in [-0.05, 0) is 30.3 Å². The van der Waals surface area contributed by atoms with E-state index >= 15 is 0 Å². The third-order valence-corrected chi connectivity index (χ3v) is 4.10. The highest BCUT2D eigenvalue weighted by Crippen LogP contribution is 2.22. The number of carbonyl (C=O) groups is 1. The number of hydrogen-bond acceptors (Lipinski definition) is 6. The molecule has 0 radical (unpaired) electrons. The molecule has 28 heavy (non-hydrogen) atoms. The van der Waals surface area contributed by atoms with Crippen molar-refractivity contribution in [3.8, 4) is 5.75 Å². The van der Waals surface area contributed by atoms with Crippen molar-refractivity contribution in [3.05, 3.63) is 78.8 Å². The predicted molar refractivity (Wildman–Crippen MR) is 108 cm³/mol. The van der Waals surface area contributed by atoms with Gasteiger partial charge in [0.1, 0.15) is 11.4 Å². The van der Waals surface area contributed by atoms with E-state index < -0.39 is 0 Å². The summed E-state index contributed by atoms with van der Waals surface area (Å²) in [6, 6.07) is 18.4. The Kier molecular flexibility index (Phi) is 4.79. The van der Waals surface area contributed by atoms with Crippen LogP contribution < -0.4 is 15.4 Å². The second kappa shape index (κ2) is 7.71. The molecule has 7 nitrogen and oxygen atoms in total. The maximum absolute atomic E-state index is 12.7. The molecule has 4 rings (SSSR count). The number of methoxy groups -OCH3 is 1. The number of amides is 1. The maximum atomic E-state index is 12.7. The summed E-state index contributed by atoms with van der Waals surface area (Å²) in [6.07, 6.45) is 3.23. The number of para-hydroxylation sites is 1. The smallest absolute Gasteiger partial charge is 0.274 e. The Labute approximate surface area is 161 Å². The molecule has 2 aromatic carbocycles. The van der Waals surface area contributed by atoms with E-state index in [4.69, 9.17) is 4.74 Å². The Balaban J connectivity index is 1.56. The average molecular weight is 371 g/mol. The number of pyridine rings is 1. The minimum absolute atomic E-state index is 0.244. The van der Waals surface area contributed by atoms with Crippen LogP contribution in [-0.2, 0) is 0 Å². The zero-order valence-corrected chi connectivity index (χ0v) is 15.1. The van der Waals surface area contributed by atoms with Crippen LogP contribution in [0.1, 0.15) is 10.5 Å². The molecule has 0 spiro atoms. The summed E-state index contributed by atoms with van der Waals surface area (Å²) in [7, 11) is 1.60. The van der Waals surface area contributed by atoms with Crippen LogP contribution >= 0.6 is 0 Å². The largest absolute Gasteiger partial charge is 0.497 e. The van der Waals surface area contributed by atoms with Crippen molar-refractivity contribution < 1.29 is 9.53 Å². The monoisotopic (exact) mass is 371 g/mol. The van der Waals surface area contributed by atoms with Gasteiger partial charge in [0.15, 0.2) is 0 Å². The first-order valence-corrected chi connectivity index (χ1v) is 8.62.